The van der Waals surface area contributed by atoms with Crippen LogP contribution in [0.3, 0.4) is 0 Å². The lowest BCUT2D eigenvalue weighted by molar-refractivity contribution is 0.340. The largest absolute Gasteiger partial charge is 0.497 e. The molecule has 0 atom stereocenters. The first kappa shape index (κ1) is 21.7. The van der Waals surface area contributed by atoms with Gasteiger partial charge in [0, 0.05) is 34.4 Å². The predicted molar refractivity (Wildman–Crippen MR) is 129 cm³/mol. The van der Waals surface area contributed by atoms with Crippen LogP contribution in [-0.4, -0.2) is 35.0 Å². The number of anilines is 1. The third-order valence-electron chi connectivity index (χ3n) is 5.79. The third-order valence-corrected chi connectivity index (χ3v) is 5.79. The van der Waals surface area contributed by atoms with Gasteiger partial charge in [-0.05, 0) is 76.1 Å². The Morgan fingerprint density at radius 1 is 0.906 bits per heavy atom. The van der Waals surface area contributed by atoms with Gasteiger partial charge in [0.2, 0.25) is 0 Å². The monoisotopic (exact) mass is 430 g/mol. The average molecular weight is 431 g/mol. The molecule has 4 rings (SSSR count). The van der Waals surface area contributed by atoms with Gasteiger partial charge in [-0.1, -0.05) is 12.1 Å². The van der Waals surface area contributed by atoms with Crippen LogP contribution in [0.4, 0.5) is 5.82 Å². The van der Waals surface area contributed by atoms with E-state index in [2.05, 4.69) is 58.2 Å². The second-order valence-corrected chi connectivity index (χ2v) is 7.85. The second-order valence-electron chi connectivity index (χ2n) is 7.85. The maximum atomic E-state index is 5.60. The minimum absolute atomic E-state index is 0.659. The highest BCUT2D eigenvalue weighted by molar-refractivity contribution is 5.98. The van der Waals surface area contributed by atoms with Gasteiger partial charge in [-0.3, -0.25) is 0 Å². The van der Waals surface area contributed by atoms with Gasteiger partial charge in [-0.25, -0.2) is 0 Å². The number of nitrogens with one attached hydrogen (secondary N) is 1. The van der Waals surface area contributed by atoms with Crippen LogP contribution in [0.25, 0.3) is 16.5 Å². The summed E-state index contributed by atoms with van der Waals surface area (Å²) < 4.78 is 13.2. The molecule has 0 aliphatic heterocycles. The standard InChI is InChI=1S/C26H30N4O2/c1-6-32-22-12-10-21(11-13-22)30-18(3)24-17(2)28-29-26(25(24)19(30)4)27-15-14-20-8-7-9-23(16-20)31-5/h7-13,16H,6,14-15H2,1-5H3,(H,27,29). The van der Waals surface area contributed by atoms with Crippen LogP contribution in [0.1, 0.15) is 29.6 Å². The van der Waals surface area contributed by atoms with Gasteiger partial charge in [-0.2, -0.15) is 5.10 Å². The summed E-state index contributed by atoms with van der Waals surface area (Å²) in [6.45, 7) is 9.70. The number of rotatable bonds is 8. The summed E-state index contributed by atoms with van der Waals surface area (Å²) in [5, 5.41) is 14.7. The molecule has 32 heavy (non-hydrogen) atoms. The van der Waals surface area contributed by atoms with Gasteiger partial charge < -0.3 is 19.4 Å². The number of nitrogens with zero attached hydrogens (tertiary/aromatic N) is 3. The van der Waals surface area contributed by atoms with E-state index in [1.165, 1.54) is 5.56 Å². The first-order valence-corrected chi connectivity index (χ1v) is 11.0. The van der Waals surface area contributed by atoms with E-state index in [4.69, 9.17) is 9.47 Å². The number of hydrogen-bond acceptors (Lipinski definition) is 5. The number of fused-ring (bicyclic) bond motifs is 1. The lowest BCUT2D eigenvalue weighted by Gasteiger charge is -2.11. The van der Waals surface area contributed by atoms with Crippen LogP contribution < -0.4 is 14.8 Å². The van der Waals surface area contributed by atoms with Gasteiger partial charge in [0.15, 0.2) is 5.82 Å². The molecular formula is C26H30N4O2. The SMILES string of the molecule is CCOc1ccc(-n2c(C)c3c(C)nnc(NCCc4cccc(OC)c4)c3c2C)cc1. The topological polar surface area (TPSA) is 61.2 Å². The fourth-order valence-corrected chi connectivity index (χ4v) is 4.32. The van der Waals surface area contributed by atoms with Crippen molar-refractivity contribution in [3.8, 4) is 17.2 Å². The Morgan fingerprint density at radius 2 is 1.66 bits per heavy atom. The van der Waals surface area contributed by atoms with E-state index in [1.54, 1.807) is 7.11 Å². The molecule has 0 spiro atoms. The van der Waals surface area contributed by atoms with E-state index < -0.39 is 0 Å². The smallest absolute Gasteiger partial charge is 0.158 e. The van der Waals surface area contributed by atoms with Crippen molar-refractivity contribution in [3.05, 3.63) is 71.2 Å². The number of aryl methyl sites for hydroxylation is 3. The summed E-state index contributed by atoms with van der Waals surface area (Å²) in [4.78, 5) is 0. The zero-order valence-corrected chi connectivity index (χ0v) is 19.4. The summed E-state index contributed by atoms with van der Waals surface area (Å²) in [5.41, 5.74) is 5.55. The number of methoxy groups -OCH3 is 1. The molecule has 166 valence electrons. The van der Waals surface area contributed by atoms with E-state index in [0.29, 0.717) is 6.61 Å². The molecular weight excluding hydrogens is 400 g/mol. The molecule has 0 aliphatic carbocycles. The van der Waals surface area contributed by atoms with Crippen molar-refractivity contribution in [1.82, 2.24) is 14.8 Å². The fourth-order valence-electron chi connectivity index (χ4n) is 4.32. The molecule has 0 aliphatic rings. The summed E-state index contributed by atoms with van der Waals surface area (Å²) in [7, 11) is 1.69. The average Bonchev–Trinajstić information content (AvgIpc) is 3.07. The highest BCUT2D eigenvalue weighted by Crippen LogP contribution is 2.34. The quantitative estimate of drug-likeness (QED) is 0.405. The zero-order valence-electron chi connectivity index (χ0n) is 19.4. The Hall–Kier alpha value is -3.54. The molecule has 0 radical (unpaired) electrons. The predicted octanol–water partition coefficient (Wildman–Crippen LogP) is 5.41. The molecule has 6 heteroatoms. The first-order chi connectivity index (χ1) is 15.5. The van der Waals surface area contributed by atoms with Gasteiger partial charge in [0.1, 0.15) is 11.5 Å². The van der Waals surface area contributed by atoms with Crippen LogP contribution in [0.2, 0.25) is 0 Å². The second kappa shape index (κ2) is 9.30. The molecule has 0 saturated heterocycles. The molecule has 2 aromatic heterocycles. The first-order valence-electron chi connectivity index (χ1n) is 11.0. The van der Waals surface area contributed by atoms with E-state index >= 15 is 0 Å². The highest BCUT2D eigenvalue weighted by atomic mass is 16.5. The summed E-state index contributed by atoms with van der Waals surface area (Å²) in [5.74, 6) is 2.57. The van der Waals surface area contributed by atoms with Crippen molar-refractivity contribution in [2.75, 3.05) is 25.6 Å². The van der Waals surface area contributed by atoms with Crippen molar-refractivity contribution in [3.63, 3.8) is 0 Å². The number of hydrogen-bond donors (Lipinski definition) is 1. The molecule has 0 saturated carbocycles. The van der Waals surface area contributed by atoms with E-state index in [9.17, 15) is 0 Å². The molecule has 0 bridgehead atoms. The maximum absolute atomic E-state index is 5.60. The highest BCUT2D eigenvalue weighted by Gasteiger charge is 2.19. The van der Waals surface area contributed by atoms with Crippen molar-refractivity contribution < 1.29 is 9.47 Å². The van der Waals surface area contributed by atoms with Crippen LogP contribution in [-0.2, 0) is 6.42 Å². The van der Waals surface area contributed by atoms with Crippen LogP contribution in [0.15, 0.2) is 48.5 Å². The normalized spacial score (nSPS) is 11.0. The molecule has 1 N–H and O–H groups in total. The van der Waals surface area contributed by atoms with Gasteiger partial charge in [0.25, 0.3) is 0 Å². The minimum Gasteiger partial charge on any atom is -0.497 e. The molecule has 6 nitrogen and oxygen atoms in total. The molecule has 0 unspecified atom stereocenters. The molecule has 4 aromatic rings. The van der Waals surface area contributed by atoms with Crippen molar-refractivity contribution in [1.29, 1.82) is 0 Å². The van der Waals surface area contributed by atoms with Gasteiger partial charge in [0.05, 0.1) is 19.4 Å². The zero-order chi connectivity index (χ0) is 22.7. The fraction of sp³-hybridized carbons (Fsp3) is 0.308. The van der Waals surface area contributed by atoms with E-state index in [1.807, 2.05) is 38.1 Å². The van der Waals surface area contributed by atoms with E-state index in [-0.39, 0.29) is 0 Å². The van der Waals surface area contributed by atoms with Crippen molar-refractivity contribution in [2.24, 2.45) is 0 Å². The summed E-state index contributed by atoms with van der Waals surface area (Å²) in [6, 6.07) is 16.4. The number of aromatic nitrogens is 3. The van der Waals surface area contributed by atoms with Crippen LogP contribution in [0.5, 0.6) is 11.5 Å². The Morgan fingerprint density at radius 3 is 2.38 bits per heavy atom. The Labute approximate surface area is 189 Å². The molecule has 0 fully saturated rings. The minimum atomic E-state index is 0.659. The van der Waals surface area contributed by atoms with Crippen molar-refractivity contribution >= 4 is 16.6 Å². The third kappa shape index (κ3) is 4.13. The molecule has 2 aromatic carbocycles. The lowest BCUT2D eigenvalue weighted by Crippen LogP contribution is -2.08. The van der Waals surface area contributed by atoms with E-state index in [0.717, 1.165) is 63.8 Å². The van der Waals surface area contributed by atoms with Crippen molar-refractivity contribution in [2.45, 2.75) is 34.1 Å². The summed E-state index contributed by atoms with van der Waals surface area (Å²) >= 11 is 0. The van der Waals surface area contributed by atoms with Crippen LogP contribution >= 0.6 is 0 Å². The van der Waals surface area contributed by atoms with Gasteiger partial charge in [-0.15, -0.1) is 5.10 Å². The Balaban J connectivity index is 1.65. The maximum Gasteiger partial charge on any atom is 0.158 e. The number of benzene rings is 2. The molecule has 0 amide bonds. The number of ether oxygens (including phenoxy) is 2. The Kier molecular flexibility index (Phi) is 6.30. The van der Waals surface area contributed by atoms with Crippen LogP contribution in [0, 0.1) is 20.8 Å². The van der Waals surface area contributed by atoms with Gasteiger partial charge >= 0.3 is 0 Å². The molecule has 2 heterocycles. The summed E-state index contributed by atoms with van der Waals surface area (Å²) in [6.07, 6.45) is 0.867. The Bertz CT molecular complexity index is 1230. The lowest BCUT2D eigenvalue weighted by atomic mass is 10.1.